The number of hydrogen-bond donors (Lipinski definition) is 0. The molecule has 0 amide bonds. The van der Waals surface area contributed by atoms with E-state index in [1.54, 1.807) is 24.3 Å². The second-order valence-electron chi connectivity index (χ2n) is 2.45. The molecule has 0 aliphatic rings. The molecular formula is C9H7ClFNO. The van der Waals surface area contributed by atoms with Crippen LogP contribution < -0.4 is 0 Å². The summed E-state index contributed by atoms with van der Waals surface area (Å²) in [5, 5.41) is 0.478. The lowest BCUT2D eigenvalue weighted by atomic mass is 10.1. The molecule has 68 valence electrons. The fourth-order valence-electron chi connectivity index (χ4n) is 0.948. The molecule has 0 saturated heterocycles. The lowest BCUT2D eigenvalue weighted by molar-refractivity contribution is 0.344. The van der Waals surface area contributed by atoms with Gasteiger partial charge >= 0.3 is 0 Å². The molecule has 0 spiro atoms. The van der Waals surface area contributed by atoms with Crippen LogP contribution in [0.1, 0.15) is 5.56 Å². The monoisotopic (exact) mass is 199 g/mol. The molecule has 1 aromatic carbocycles. The summed E-state index contributed by atoms with van der Waals surface area (Å²) >= 11 is 5.76. The molecule has 0 radical (unpaired) electrons. The quantitative estimate of drug-likeness (QED) is 0.418. The summed E-state index contributed by atoms with van der Waals surface area (Å²) in [6.07, 6.45) is -0.385. The van der Waals surface area contributed by atoms with Crippen molar-refractivity contribution in [2.24, 2.45) is 4.99 Å². The van der Waals surface area contributed by atoms with E-state index >= 15 is 0 Å². The van der Waals surface area contributed by atoms with Gasteiger partial charge in [0.2, 0.25) is 12.4 Å². The third-order valence-electron chi connectivity index (χ3n) is 1.54. The first-order valence-corrected chi connectivity index (χ1v) is 4.06. The lowest BCUT2D eigenvalue weighted by Crippen LogP contribution is -2.00. The van der Waals surface area contributed by atoms with Crippen LogP contribution in [0.4, 0.5) is 4.39 Å². The molecule has 13 heavy (non-hydrogen) atoms. The highest BCUT2D eigenvalue weighted by molar-refractivity contribution is 6.31. The minimum Gasteiger partial charge on any atom is -0.221 e. The Morgan fingerprint density at radius 1 is 1.54 bits per heavy atom. The van der Waals surface area contributed by atoms with Gasteiger partial charge in [0.25, 0.3) is 0 Å². The van der Waals surface area contributed by atoms with Gasteiger partial charge in [0.05, 0.1) is 0 Å². The van der Waals surface area contributed by atoms with E-state index in [1.165, 1.54) is 0 Å². The summed E-state index contributed by atoms with van der Waals surface area (Å²) in [7, 11) is 0. The second-order valence-corrected chi connectivity index (χ2v) is 2.86. The summed E-state index contributed by atoms with van der Waals surface area (Å²) in [4.78, 5) is 12.7. The van der Waals surface area contributed by atoms with E-state index in [0.29, 0.717) is 10.6 Å². The van der Waals surface area contributed by atoms with Crippen molar-refractivity contribution < 1.29 is 9.18 Å². The van der Waals surface area contributed by atoms with E-state index in [0.717, 1.165) is 6.08 Å². The van der Waals surface area contributed by atoms with Gasteiger partial charge < -0.3 is 0 Å². The predicted octanol–water partition coefficient (Wildman–Crippen LogP) is 2.51. The van der Waals surface area contributed by atoms with Gasteiger partial charge in [0.1, 0.15) is 0 Å². The van der Waals surface area contributed by atoms with E-state index < -0.39 is 6.30 Å². The molecule has 0 saturated carbocycles. The minimum absolute atomic E-state index is 0.00884. The van der Waals surface area contributed by atoms with Crippen molar-refractivity contribution in [3.05, 3.63) is 34.9 Å². The highest BCUT2D eigenvalue weighted by Gasteiger charge is 2.07. The van der Waals surface area contributed by atoms with Gasteiger partial charge in [-0.2, -0.15) is 4.99 Å². The van der Waals surface area contributed by atoms with Gasteiger partial charge in [0.15, 0.2) is 0 Å². The van der Waals surface area contributed by atoms with E-state index in [-0.39, 0.29) is 6.42 Å². The van der Waals surface area contributed by atoms with Crippen LogP contribution in [0.15, 0.2) is 29.3 Å². The van der Waals surface area contributed by atoms with Gasteiger partial charge in [-0.05, 0) is 11.6 Å². The fourth-order valence-corrected chi connectivity index (χ4v) is 1.16. The van der Waals surface area contributed by atoms with Crippen LogP contribution in [0.5, 0.6) is 0 Å². The van der Waals surface area contributed by atoms with Gasteiger partial charge in [-0.1, -0.05) is 29.8 Å². The normalized spacial score (nSPS) is 11.8. The lowest BCUT2D eigenvalue weighted by Gasteiger charge is -2.02. The zero-order valence-electron chi connectivity index (χ0n) is 6.71. The third-order valence-corrected chi connectivity index (χ3v) is 1.91. The van der Waals surface area contributed by atoms with E-state index in [2.05, 4.69) is 4.99 Å². The number of alkyl halides is 1. The van der Waals surface area contributed by atoms with Crippen molar-refractivity contribution >= 4 is 17.7 Å². The molecule has 2 nitrogen and oxygen atoms in total. The molecule has 0 fully saturated rings. The summed E-state index contributed by atoms with van der Waals surface area (Å²) in [5.41, 5.74) is 0.635. The SMILES string of the molecule is O=C=NC(F)Cc1ccccc1Cl. The van der Waals surface area contributed by atoms with Crippen molar-refractivity contribution in [1.29, 1.82) is 0 Å². The molecule has 1 rings (SSSR count). The van der Waals surface area contributed by atoms with Crippen LogP contribution in [0.2, 0.25) is 5.02 Å². The molecule has 0 bridgehead atoms. The van der Waals surface area contributed by atoms with E-state index in [4.69, 9.17) is 11.6 Å². The molecule has 1 unspecified atom stereocenters. The number of nitrogens with zero attached hydrogens (tertiary/aromatic N) is 1. The molecule has 4 heteroatoms. The maximum absolute atomic E-state index is 12.8. The largest absolute Gasteiger partial charge is 0.237 e. The van der Waals surface area contributed by atoms with E-state index in [9.17, 15) is 9.18 Å². The summed E-state index contributed by atoms with van der Waals surface area (Å²) in [6, 6.07) is 6.85. The molecule has 0 aliphatic carbocycles. The van der Waals surface area contributed by atoms with Crippen molar-refractivity contribution in [2.45, 2.75) is 12.7 Å². The molecule has 0 aliphatic heterocycles. The first-order valence-electron chi connectivity index (χ1n) is 3.68. The topological polar surface area (TPSA) is 29.4 Å². The number of halogens is 2. The van der Waals surface area contributed by atoms with Gasteiger partial charge in [0, 0.05) is 11.4 Å². The Labute approximate surface area is 80.1 Å². The highest BCUT2D eigenvalue weighted by Crippen LogP contribution is 2.17. The summed E-state index contributed by atoms with van der Waals surface area (Å²) < 4.78 is 12.8. The van der Waals surface area contributed by atoms with Crippen LogP contribution >= 0.6 is 11.6 Å². The zero-order chi connectivity index (χ0) is 9.68. The average molecular weight is 200 g/mol. The second kappa shape index (κ2) is 4.75. The Morgan fingerprint density at radius 3 is 2.85 bits per heavy atom. The van der Waals surface area contributed by atoms with Gasteiger partial charge in [-0.15, -0.1) is 0 Å². The van der Waals surface area contributed by atoms with Crippen LogP contribution in [-0.4, -0.2) is 12.4 Å². The average Bonchev–Trinajstić information content (AvgIpc) is 2.09. The van der Waals surface area contributed by atoms with Gasteiger partial charge in [-0.25, -0.2) is 9.18 Å². The predicted molar refractivity (Wildman–Crippen MR) is 48.2 cm³/mol. The summed E-state index contributed by atoms with van der Waals surface area (Å²) in [5.74, 6) is 0. The molecule has 1 atom stereocenters. The van der Waals surface area contributed by atoms with Crippen molar-refractivity contribution in [2.75, 3.05) is 0 Å². The van der Waals surface area contributed by atoms with Crippen molar-refractivity contribution in [1.82, 2.24) is 0 Å². The van der Waals surface area contributed by atoms with Crippen molar-refractivity contribution in [3.63, 3.8) is 0 Å². The number of carbonyl (C=O) groups excluding carboxylic acids is 1. The minimum atomic E-state index is -1.56. The number of benzene rings is 1. The fraction of sp³-hybridized carbons (Fsp3) is 0.222. The van der Waals surface area contributed by atoms with Gasteiger partial charge in [-0.3, -0.25) is 0 Å². The molecule has 0 aromatic heterocycles. The zero-order valence-corrected chi connectivity index (χ0v) is 7.46. The van der Waals surface area contributed by atoms with Crippen LogP contribution in [0.25, 0.3) is 0 Å². The first-order chi connectivity index (χ1) is 6.24. The molecular weight excluding hydrogens is 193 g/mol. The summed E-state index contributed by atoms with van der Waals surface area (Å²) in [6.45, 7) is 0. The van der Waals surface area contributed by atoms with Crippen LogP contribution in [0, 0.1) is 0 Å². The maximum atomic E-state index is 12.8. The Hall–Kier alpha value is -1.18. The number of rotatable bonds is 3. The first kappa shape index (κ1) is 9.90. The smallest absolute Gasteiger partial charge is 0.221 e. The Bertz CT molecular complexity index is 336. The number of hydrogen-bond acceptors (Lipinski definition) is 2. The molecule has 0 N–H and O–H groups in total. The Kier molecular flexibility index (Phi) is 3.62. The molecule has 1 aromatic rings. The maximum Gasteiger partial charge on any atom is 0.237 e. The van der Waals surface area contributed by atoms with Crippen LogP contribution in [0.3, 0.4) is 0 Å². The van der Waals surface area contributed by atoms with E-state index in [1.807, 2.05) is 0 Å². The highest BCUT2D eigenvalue weighted by atomic mass is 35.5. The Balaban J connectivity index is 2.74. The standard InChI is InChI=1S/C9H7ClFNO/c10-8-4-2-1-3-7(8)5-9(11)12-6-13/h1-4,9H,5H2. The number of aliphatic imine (C=N–C) groups is 1. The van der Waals surface area contributed by atoms with Crippen molar-refractivity contribution in [3.8, 4) is 0 Å². The third kappa shape index (κ3) is 2.98. The van der Waals surface area contributed by atoms with Crippen LogP contribution in [-0.2, 0) is 11.2 Å². The Morgan fingerprint density at radius 2 is 2.23 bits per heavy atom. The number of isocyanates is 1. The molecule has 0 heterocycles.